The van der Waals surface area contributed by atoms with Gasteiger partial charge in [0.15, 0.2) is 0 Å². The van der Waals surface area contributed by atoms with E-state index < -0.39 is 19.7 Å². The Balaban J connectivity index is 1.25. The van der Waals surface area contributed by atoms with Gasteiger partial charge in [0, 0.05) is 45.6 Å². The van der Waals surface area contributed by atoms with E-state index in [9.17, 15) is 14.7 Å². The van der Waals surface area contributed by atoms with Crippen molar-refractivity contribution in [3.63, 3.8) is 0 Å². The Bertz CT molecular complexity index is 2030. The lowest BCUT2D eigenvalue weighted by molar-refractivity contribution is -0.146. The minimum Gasteiger partial charge on any atom is -0.466 e. The number of esters is 1. The molecule has 1 aliphatic heterocycles. The van der Waals surface area contributed by atoms with E-state index in [-0.39, 0.29) is 32.1 Å². The Morgan fingerprint density at radius 3 is 2.54 bits per heavy atom. The molecule has 1 fully saturated rings. The summed E-state index contributed by atoms with van der Waals surface area (Å²) in [5.74, 6) is 1.52. The van der Waals surface area contributed by atoms with Crippen LogP contribution in [0.2, 0.25) is 30.7 Å². The van der Waals surface area contributed by atoms with Crippen LogP contribution in [0.15, 0.2) is 48.9 Å². The molecule has 5 aromatic rings. The van der Waals surface area contributed by atoms with E-state index in [1.807, 2.05) is 35.9 Å². The summed E-state index contributed by atoms with van der Waals surface area (Å²) in [7, 11) is -1.20. The molecule has 50 heavy (non-hydrogen) atoms. The zero-order valence-electron chi connectivity index (χ0n) is 29.0. The molecule has 1 amide bonds. The van der Waals surface area contributed by atoms with E-state index in [0.29, 0.717) is 65.0 Å². The molecule has 0 radical (unpaired) electrons. The second-order valence-corrected chi connectivity index (χ2v) is 19.8. The van der Waals surface area contributed by atoms with Gasteiger partial charge in [-0.25, -0.2) is 14.8 Å². The Hall–Kier alpha value is -4.53. The molecule has 2 aromatic carbocycles. The molecule has 0 saturated carbocycles. The molecule has 15 heteroatoms. The Morgan fingerprint density at radius 2 is 1.82 bits per heavy atom. The van der Waals surface area contributed by atoms with Gasteiger partial charge >= 0.3 is 12.1 Å². The summed E-state index contributed by atoms with van der Waals surface area (Å²) in [6.07, 6.45) is 5.03. The van der Waals surface area contributed by atoms with Gasteiger partial charge in [0.2, 0.25) is 0 Å². The molecule has 0 unspecified atom stereocenters. The van der Waals surface area contributed by atoms with Crippen molar-refractivity contribution in [1.82, 2.24) is 34.2 Å². The number of carbonyl (C=O) groups is 2. The van der Waals surface area contributed by atoms with Crippen LogP contribution in [0.5, 0.6) is 11.5 Å². The topological polar surface area (TPSA) is 147 Å². The highest BCUT2D eigenvalue weighted by Crippen LogP contribution is 2.38. The Kier molecular flexibility index (Phi) is 10.1. The maximum Gasteiger partial charge on any atom is 0.407 e. The summed E-state index contributed by atoms with van der Waals surface area (Å²) in [6.45, 7) is 12.6. The summed E-state index contributed by atoms with van der Waals surface area (Å²) in [5.41, 5.74) is 3.27. The van der Waals surface area contributed by atoms with Crippen LogP contribution in [0.1, 0.15) is 32.0 Å². The molecule has 3 aromatic heterocycles. The number of aryl methyl sites for hydroxylation is 1. The first kappa shape index (κ1) is 35.3. The van der Waals surface area contributed by atoms with E-state index in [1.54, 1.807) is 36.1 Å². The molecule has 13 nitrogen and oxygen atoms in total. The fourth-order valence-electron chi connectivity index (χ4n) is 6.15. The minimum atomic E-state index is -1.20. The van der Waals surface area contributed by atoms with Crippen LogP contribution in [0.3, 0.4) is 0 Å². The van der Waals surface area contributed by atoms with E-state index in [0.717, 1.165) is 22.9 Å². The normalized spacial score (nSPS) is 14.7. The van der Waals surface area contributed by atoms with Gasteiger partial charge in [-0.05, 0) is 57.0 Å². The number of hydrogen-bond acceptors (Lipinski definition) is 9. The van der Waals surface area contributed by atoms with Crippen LogP contribution in [-0.2, 0) is 26.5 Å². The number of benzene rings is 2. The average molecular weight is 720 g/mol. The number of imidazole rings is 1. The number of carbonyl (C=O) groups excluding carboxylic acids is 1. The first-order chi connectivity index (χ1) is 23.9. The number of piperidine rings is 1. The van der Waals surface area contributed by atoms with E-state index in [1.165, 1.54) is 4.90 Å². The third kappa shape index (κ3) is 7.61. The molecule has 264 valence electrons. The smallest absolute Gasteiger partial charge is 0.407 e. The molecular weight excluding hydrogens is 678 g/mol. The largest absolute Gasteiger partial charge is 0.466 e. The quantitative estimate of drug-likeness (QED) is 0.0790. The average Bonchev–Trinajstić information content (AvgIpc) is 3.69. The molecule has 0 atom stereocenters. The van der Waals surface area contributed by atoms with Crippen molar-refractivity contribution in [3.8, 4) is 22.8 Å². The number of aromatic nitrogens is 6. The number of carboxylic acid groups (broad SMARTS) is 1. The second-order valence-electron chi connectivity index (χ2n) is 13.8. The summed E-state index contributed by atoms with van der Waals surface area (Å²) in [5, 5.41) is 14.4. The standard InChI is InChI=1S/C35H42ClN7O6Si/c1-6-48-31(44)18-35(11-13-41(14-12-35)34(45)46)43-21-24(19-38-43)28-20-37-27-9-10-30(32(36)33(27)40-28)49-25-7-8-26-29(17-25)42(23(2)39-26)22-47-15-16-50(3,4)5/h7-10,17,19-21H,6,11-16,18,22H2,1-5H3,(H,45,46). The van der Waals surface area contributed by atoms with Crippen LogP contribution in [0.4, 0.5) is 4.79 Å². The number of fused-ring (bicyclic) bond motifs is 2. The Morgan fingerprint density at radius 1 is 1.06 bits per heavy atom. The first-order valence-electron chi connectivity index (χ1n) is 16.7. The van der Waals surface area contributed by atoms with Crippen molar-refractivity contribution in [2.75, 3.05) is 26.3 Å². The van der Waals surface area contributed by atoms with Gasteiger partial charge < -0.3 is 28.8 Å². The molecule has 1 saturated heterocycles. The van der Waals surface area contributed by atoms with Gasteiger partial charge in [-0.15, -0.1) is 0 Å². The lowest BCUT2D eigenvalue weighted by Crippen LogP contribution is -2.49. The van der Waals surface area contributed by atoms with Crippen LogP contribution >= 0.6 is 11.6 Å². The highest BCUT2D eigenvalue weighted by atomic mass is 35.5. The summed E-state index contributed by atoms with van der Waals surface area (Å²) in [6, 6.07) is 10.4. The SMILES string of the molecule is CCOC(=O)CC1(n2cc(-c3cnc4ccc(Oc5ccc6nc(C)n(COCC[Si](C)(C)C)c6c5)c(Cl)c4n3)cn2)CCN(C(=O)O)CC1. The monoisotopic (exact) mass is 719 g/mol. The molecule has 4 heterocycles. The predicted molar refractivity (Wildman–Crippen MR) is 192 cm³/mol. The van der Waals surface area contributed by atoms with E-state index in [4.69, 9.17) is 35.8 Å². The summed E-state index contributed by atoms with van der Waals surface area (Å²) < 4.78 is 21.4. The molecular formula is C35H42ClN7O6Si. The molecule has 0 aliphatic carbocycles. The number of hydrogen-bond donors (Lipinski definition) is 1. The minimum absolute atomic E-state index is 0.0725. The number of ether oxygens (including phenoxy) is 3. The lowest BCUT2D eigenvalue weighted by atomic mass is 9.84. The lowest BCUT2D eigenvalue weighted by Gasteiger charge is -2.40. The highest BCUT2D eigenvalue weighted by Gasteiger charge is 2.41. The molecule has 1 aliphatic rings. The number of halogens is 1. The molecule has 0 spiro atoms. The summed E-state index contributed by atoms with van der Waals surface area (Å²) in [4.78, 5) is 39.7. The van der Waals surface area contributed by atoms with Gasteiger partial charge in [0.1, 0.15) is 34.6 Å². The number of amides is 1. The fourth-order valence-corrected chi connectivity index (χ4v) is 7.15. The summed E-state index contributed by atoms with van der Waals surface area (Å²) >= 11 is 6.91. The zero-order chi connectivity index (χ0) is 35.6. The van der Waals surface area contributed by atoms with Gasteiger partial charge in [0.25, 0.3) is 0 Å². The highest BCUT2D eigenvalue weighted by molar-refractivity contribution is 6.76. The van der Waals surface area contributed by atoms with E-state index in [2.05, 4.69) is 29.7 Å². The maximum absolute atomic E-state index is 12.6. The molecule has 1 N–H and O–H groups in total. The van der Waals surface area contributed by atoms with Crippen LogP contribution in [-0.4, -0.2) is 85.7 Å². The number of nitrogens with zero attached hydrogens (tertiary/aromatic N) is 7. The van der Waals surface area contributed by atoms with Gasteiger partial charge in [-0.2, -0.15) is 5.10 Å². The van der Waals surface area contributed by atoms with Crippen molar-refractivity contribution in [2.24, 2.45) is 0 Å². The van der Waals surface area contributed by atoms with Gasteiger partial charge in [-0.1, -0.05) is 31.2 Å². The molecule has 0 bridgehead atoms. The van der Waals surface area contributed by atoms with Crippen molar-refractivity contribution in [3.05, 3.63) is 59.8 Å². The number of rotatable bonds is 12. The van der Waals surface area contributed by atoms with Crippen molar-refractivity contribution in [2.45, 2.75) is 71.1 Å². The second kappa shape index (κ2) is 14.4. The van der Waals surface area contributed by atoms with Gasteiger partial charge in [0.05, 0.1) is 53.2 Å². The van der Waals surface area contributed by atoms with Crippen molar-refractivity contribution in [1.29, 1.82) is 0 Å². The predicted octanol–water partition coefficient (Wildman–Crippen LogP) is 7.33. The third-order valence-electron chi connectivity index (χ3n) is 9.08. The zero-order valence-corrected chi connectivity index (χ0v) is 30.7. The van der Waals surface area contributed by atoms with Crippen molar-refractivity contribution >= 4 is 53.8 Å². The van der Waals surface area contributed by atoms with Crippen molar-refractivity contribution < 1.29 is 28.9 Å². The maximum atomic E-state index is 12.6. The van der Waals surface area contributed by atoms with E-state index >= 15 is 0 Å². The van der Waals surface area contributed by atoms with Crippen LogP contribution in [0.25, 0.3) is 33.3 Å². The van der Waals surface area contributed by atoms with Gasteiger partial charge in [-0.3, -0.25) is 14.5 Å². The number of likely N-dealkylation sites (tertiary alicyclic amines) is 1. The van der Waals surface area contributed by atoms with Crippen LogP contribution < -0.4 is 4.74 Å². The Labute approximate surface area is 296 Å². The van der Waals surface area contributed by atoms with Crippen LogP contribution in [0, 0.1) is 6.92 Å². The fraction of sp³-hybridized carbons (Fsp3) is 0.429. The first-order valence-corrected chi connectivity index (χ1v) is 20.8. The molecule has 6 rings (SSSR count). The third-order valence-corrected chi connectivity index (χ3v) is 11.1.